The predicted molar refractivity (Wildman–Crippen MR) is 50.1 cm³/mol. The van der Waals surface area contributed by atoms with Crippen molar-refractivity contribution in [1.82, 2.24) is 9.97 Å². The van der Waals surface area contributed by atoms with E-state index in [1.165, 1.54) is 33.7 Å². The highest BCUT2D eigenvalue weighted by molar-refractivity contribution is 5.84. The van der Waals surface area contributed by atoms with Gasteiger partial charge in [0.1, 0.15) is 0 Å². The van der Waals surface area contributed by atoms with E-state index >= 15 is 0 Å². The highest BCUT2D eigenvalue weighted by Crippen LogP contribution is 2.14. The first-order valence-electron chi connectivity index (χ1n) is 4.18. The van der Waals surface area contributed by atoms with Gasteiger partial charge in [-0.25, -0.2) is 14.8 Å². The quantitative estimate of drug-likeness (QED) is 0.536. The molecular formula is C9H12N2O4. The third-order valence-electron chi connectivity index (χ3n) is 1.74. The third-order valence-corrected chi connectivity index (χ3v) is 1.74. The van der Waals surface area contributed by atoms with Crippen molar-refractivity contribution in [2.75, 3.05) is 21.3 Å². The summed E-state index contributed by atoms with van der Waals surface area (Å²) >= 11 is 0. The van der Waals surface area contributed by atoms with Gasteiger partial charge in [0.05, 0.1) is 7.11 Å². The van der Waals surface area contributed by atoms with Crippen LogP contribution in [-0.4, -0.2) is 37.3 Å². The molecule has 0 spiro atoms. The summed E-state index contributed by atoms with van der Waals surface area (Å²) in [5.41, 5.74) is 0.632. The molecule has 1 aromatic rings. The summed E-state index contributed by atoms with van der Waals surface area (Å²) in [6.45, 7) is 0. The van der Waals surface area contributed by atoms with Gasteiger partial charge >= 0.3 is 5.97 Å². The molecule has 0 bridgehead atoms. The van der Waals surface area contributed by atoms with Crippen LogP contribution in [0.2, 0.25) is 0 Å². The van der Waals surface area contributed by atoms with Gasteiger partial charge in [0.2, 0.25) is 5.82 Å². The molecular weight excluding hydrogens is 200 g/mol. The summed E-state index contributed by atoms with van der Waals surface area (Å²) < 4.78 is 14.5. The van der Waals surface area contributed by atoms with Gasteiger partial charge in [0, 0.05) is 32.2 Å². The van der Waals surface area contributed by atoms with Crippen LogP contribution >= 0.6 is 0 Å². The van der Waals surface area contributed by atoms with E-state index in [2.05, 4.69) is 14.7 Å². The minimum Gasteiger partial charge on any atom is -0.463 e. The Labute approximate surface area is 87.2 Å². The fraction of sp³-hybridized carbons (Fsp3) is 0.444. The fourth-order valence-corrected chi connectivity index (χ4v) is 1.02. The molecule has 0 saturated heterocycles. The molecule has 82 valence electrons. The van der Waals surface area contributed by atoms with Crippen LogP contribution in [0.15, 0.2) is 12.4 Å². The lowest BCUT2D eigenvalue weighted by Gasteiger charge is -2.12. The van der Waals surface area contributed by atoms with Crippen molar-refractivity contribution in [2.45, 2.75) is 6.29 Å². The van der Waals surface area contributed by atoms with Crippen LogP contribution < -0.4 is 0 Å². The maximum absolute atomic E-state index is 11.0. The van der Waals surface area contributed by atoms with Gasteiger partial charge in [0.25, 0.3) is 0 Å². The molecule has 6 heteroatoms. The number of nitrogens with zero attached hydrogens (tertiary/aromatic N) is 2. The van der Waals surface area contributed by atoms with Crippen LogP contribution in [0, 0.1) is 0 Å². The Morgan fingerprint density at radius 2 is 1.73 bits per heavy atom. The number of ether oxygens (including phenoxy) is 3. The highest BCUT2D eigenvalue weighted by Gasteiger charge is 2.13. The Morgan fingerprint density at radius 3 is 2.13 bits per heavy atom. The highest BCUT2D eigenvalue weighted by atomic mass is 16.7. The first-order valence-corrected chi connectivity index (χ1v) is 4.18. The number of hydrogen-bond donors (Lipinski definition) is 0. The number of rotatable bonds is 4. The SMILES string of the molecule is COC(=O)c1ncc(C(OC)OC)cn1. The monoisotopic (exact) mass is 212 g/mol. The molecule has 0 N–H and O–H groups in total. The maximum Gasteiger partial charge on any atom is 0.376 e. The zero-order chi connectivity index (χ0) is 11.3. The van der Waals surface area contributed by atoms with E-state index in [-0.39, 0.29) is 5.82 Å². The predicted octanol–water partition coefficient (Wildman–Crippen LogP) is 0.555. The standard InChI is InChI=1S/C9H12N2O4/c1-13-8(12)7-10-4-6(5-11-7)9(14-2)15-3/h4-5,9H,1-3H3. The van der Waals surface area contributed by atoms with Gasteiger partial charge in [-0.3, -0.25) is 0 Å². The first kappa shape index (κ1) is 11.5. The normalized spacial score (nSPS) is 10.4. The van der Waals surface area contributed by atoms with Gasteiger partial charge in [-0.15, -0.1) is 0 Å². The lowest BCUT2D eigenvalue weighted by Crippen LogP contribution is -2.10. The molecule has 0 aliphatic carbocycles. The van der Waals surface area contributed by atoms with E-state index in [1.807, 2.05) is 0 Å². The van der Waals surface area contributed by atoms with E-state index in [1.54, 1.807) is 0 Å². The molecule has 1 rings (SSSR count). The van der Waals surface area contributed by atoms with Crippen LogP contribution in [0.1, 0.15) is 22.5 Å². The molecule has 0 atom stereocenters. The van der Waals surface area contributed by atoms with Crippen molar-refractivity contribution < 1.29 is 19.0 Å². The topological polar surface area (TPSA) is 70.5 Å². The summed E-state index contributed by atoms with van der Waals surface area (Å²) in [6.07, 6.45) is 2.38. The largest absolute Gasteiger partial charge is 0.463 e. The minimum absolute atomic E-state index is 0.00667. The Morgan fingerprint density at radius 1 is 1.20 bits per heavy atom. The maximum atomic E-state index is 11.0. The molecule has 0 aromatic carbocycles. The molecule has 0 aliphatic heterocycles. The Bertz CT molecular complexity index is 321. The molecule has 1 heterocycles. The molecule has 0 fully saturated rings. The van der Waals surface area contributed by atoms with Crippen LogP contribution in [0.5, 0.6) is 0 Å². The van der Waals surface area contributed by atoms with E-state index < -0.39 is 12.3 Å². The average molecular weight is 212 g/mol. The van der Waals surface area contributed by atoms with E-state index in [4.69, 9.17) is 9.47 Å². The minimum atomic E-state index is -0.576. The fourth-order valence-electron chi connectivity index (χ4n) is 1.02. The van der Waals surface area contributed by atoms with Crippen molar-refractivity contribution in [1.29, 1.82) is 0 Å². The smallest absolute Gasteiger partial charge is 0.376 e. The van der Waals surface area contributed by atoms with Crippen molar-refractivity contribution in [3.05, 3.63) is 23.8 Å². The second kappa shape index (κ2) is 5.38. The molecule has 0 unspecified atom stereocenters. The zero-order valence-electron chi connectivity index (χ0n) is 8.76. The molecule has 0 radical (unpaired) electrons. The van der Waals surface area contributed by atoms with Crippen LogP contribution in [0.4, 0.5) is 0 Å². The van der Waals surface area contributed by atoms with Gasteiger partial charge < -0.3 is 14.2 Å². The molecule has 0 aliphatic rings. The molecule has 0 saturated carbocycles. The summed E-state index contributed by atoms with van der Waals surface area (Å²) in [6, 6.07) is 0. The van der Waals surface area contributed by atoms with Crippen molar-refractivity contribution >= 4 is 5.97 Å². The Kier molecular flexibility index (Phi) is 4.14. The number of carbonyl (C=O) groups excluding carboxylic acids is 1. The first-order chi connectivity index (χ1) is 7.22. The van der Waals surface area contributed by atoms with Crippen LogP contribution in [-0.2, 0) is 14.2 Å². The second-order valence-electron chi connectivity index (χ2n) is 2.63. The van der Waals surface area contributed by atoms with Crippen molar-refractivity contribution in [3.8, 4) is 0 Å². The zero-order valence-corrected chi connectivity index (χ0v) is 8.76. The number of carbonyl (C=O) groups is 1. The van der Waals surface area contributed by atoms with Crippen LogP contribution in [0.3, 0.4) is 0 Å². The summed E-state index contributed by atoms with van der Waals surface area (Å²) in [7, 11) is 4.28. The summed E-state index contributed by atoms with van der Waals surface area (Å²) in [5, 5.41) is 0. The summed E-state index contributed by atoms with van der Waals surface area (Å²) in [4.78, 5) is 18.7. The average Bonchev–Trinajstić information content (AvgIpc) is 2.30. The number of methoxy groups -OCH3 is 3. The lowest BCUT2D eigenvalue weighted by atomic mass is 10.3. The summed E-state index contributed by atoms with van der Waals surface area (Å²) in [5.74, 6) is -0.569. The number of hydrogen-bond acceptors (Lipinski definition) is 6. The third kappa shape index (κ3) is 2.71. The molecule has 15 heavy (non-hydrogen) atoms. The molecule has 6 nitrogen and oxygen atoms in total. The van der Waals surface area contributed by atoms with Crippen LogP contribution in [0.25, 0.3) is 0 Å². The van der Waals surface area contributed by atoms with Gasteiger partial charge in [-0.05, 0) is 0 Å². The van der Waals surface area contributed by atoms with Gasteiger partial charge in [-0.1, -0.05) is 0 Å². The Balaban J connectivity index is 2.84. The van der Waals surface area contributed by atoms with Gasteiger partial charge in [0.15, 0.2) is 6.29 Å². The Hall–Kier alpha value is -1.53. The van der Waals surface area contributed by atoms with Crippen molar-refractivity contribution in [3.63, 3.8) is 0 Å². The van der Waals surface area contributed by atoms with E-state index in [0.29, 0.717) is 5.56 Å². The van der Waals surface area contributed by atoms with E-state index in [9.17, 15) is 4.79 Å². The van der Waals surface area contributed by atoms with Crippen molar-refractivity contribution in [2.24, 2.45) is 0 Å². The van der Waals surface area contributed by atoms with Gasteiger partial charge in [-0.2, -0.15) is 0 Å². The number of esters is 1. The molecule has 0 amide bonds. The van der Waals surface area contributed by atoms with E-state index in [0.717, 1.165) is 0 Å². The second-order valence-corrected chi connectivity index (χ2v) is 2.63. The number of aromatic nitrogens is 2. The lowest BCUT2D eigenvalue weighted by molar-refractivity contribution is -0.106. The molecule has 1 aromatic heterocycles.